The van der Waals surface area contributed by atoms with Gasteiger partial charge in [-0.15, -0.1) is 11.3 Å². The molecule has 0 aliphatic carbocycles. The van der Waals surface area contributed by atoms with Crippen LogP contribution in [0, 0.1) is 11.7 Å². The van der Waals surface area contributed by atoms with Crippen LogP contribution in [0.1, 0.15) is 12.8 Å². The SMILES string of the molecule is O=C(Nc1nc(-c2cccnc2)cs1)C1CCCN(S(=O)(=O)c2ccc(F)cc2)C1. The highest BCUT2D eigenvalue weighted by Gasteiger charge is 2.33. The molecule has 7 nitrogen and oxygen atoms in total. The van der Waals surface area contributed by atoms with E-state index in [-0.39, 0.29) is 17.3 Å². The Morgan fingerprint density at radius 1 is 1.23 bits per heavy atom. The third-order valence-electron chi connectivity index (χ3n) is 4.90. The summed E-state index contributed by atoms with van der Waals surface area (Å²) in [6.45, 7) is 0.401. The maximum atomic E-state index is 13.1. The summed E-state index contributed by atoms with van der Waals surface area (Å²) >= 11 is 1.30. The maximum absolute atomic E-state index is 13.1. The fourth-order valence-corrected chi connectivity index (χ4v) is 5.56. The molecule has 2 aromatic heterocycles. The maximum Gasteiger partial charge on any atom is 0.243 e. The number of amides is 1. The first-order chi connectivity index (χ1) is 14.4. The van der Waals surface area contributed by atoms with E-state index in [9.17, 15) is 17.6 Å². The molecule has 1 aliphatic heterocycles. The number of nitrogens with one attached hydrogen (secondary N) is 1. The molecule has 4 rings (SSSR count). The summed E-state index contributed by atoms with van der Waals surface area (Å²) in [5, 5.41) is 5.09. The van der Waals surface area contributed by atoms with Crippen molar-refractivity contribution in [2.45, 2.75) is 17.7 Å². The van der Waals surface area contributed by atoms with Gasteiger partial charge in [0, 0.05) is 36.4 Å². The van der Waals surface area contributed by atoms with Gasteiger partial charge >= 0.3 is 0 Å². The molecule has 1 saturated heterocycles. The van der Waals surface area contributed by atoms with Crippen LogP contribution in [0.3, 0.4) is 0 Å². The molecule has 156 valence electrons. The highest BCUT2D eigenvalue weighted by Crippen LogP contribution is 2.27. The van der Waals surface area contributed by atoms with E-state index in [0.717, 1.165) is 17.7 Å². The van der Waals surface area contributed by atoms with Gasteiger partial charge in [0.15, 0.2) is 5.13 Å². The summed E-state index contributed by atoms with van der Waals surface area (Å²) in [5.74, 6) is -1.25. The fourth-order valence-electron chi connectivity index (χ4n) is 3.32. The van der Waals surface area contributed by atoms with Crippen molar-refractivity contribution in [2.24, 2.45) is 5.92 Å². The molecule has 0 bridgehead atoms. The molecule has 0 radical (unpaired) electrons. The summed E-state index contributed by atoms with van der Waals surface area (Å²) in [5.41, 5.74) is 1.57. The topological polar surface area (TPSA) is 92.3 Å². The molecular weight excluding hydrogens is 427 g/mol. The lowest BCUT2D eigenvalue weighted by molar-refractivity contribution is -0.120. The van der Waals surface area contributed by atoms with Crippen molar-refractivity contribution >= 4 is 32.4 Å². The third kappa shape index (κ3) is 4.40. The molecule has 1 N–H and O–H groups in total. The Labute approximate surface area is 177 Å². The lowest BCUT2D eigenvalue weighted by atomic mass is 9.99. The van der Waals surface area contributed by atoms with Gasteiger partial charge in [-0.1, -0.05) is 0 Å². The Kier molecular flexibility index (Phi) is 5.89. The van der Waals surface area contributed by atoms with Crippen molar-refractivity contribution in [1.29, 1.82) is 0 Å². The number of anilines is 1. The lowest BCUT2D eigenvalue weighted by Crippen LogP contribution is -2.43. The average Bonchev–Trinajstić information content (AvgIpc) is 3.23. The van der Waals surface area contributed by atoms with Gasteiger partial charge in [-0.3, -0.25) is 9.78 Å². The number of benzene rings is 1. The number of halogens is 1. The number of hydrogen-bond acceptors (Lipinski definition) is 6. The van der Waals surface area contributed by atoms with Crippen LogP contribution in [0.25, 0.3) is 11.3 Å². The number of rotatable bonds is 5. The third-order valence-corrected chi connectivity index (χ3v) is 7.54. The zero-order chi connectivity index (χ0) is 21.1. The van der Waals surface area contributed by atoms with Crippen LogP contribution >= 0.6 is 11.3 Å². The smallest absolute Gasteiger partial charge is 0.243 e. The first-order valence-electron chi connectivity index (χ1n) is 9.36. The van der Waals surface area contributed by atoms with E-state index in [1.165, 1.54) is 27.8 Å². The van der Waals surface area contributed by atoms with Gasteiger partial charge in [0.05, 0.1) is 16.5 Å². The largest absolute Gasteiger partial charge is 0.302 e. The van der Waals surface area contributed by atoms with Gasteiger partial charge in [0.25, 0.3) is 0 Å². The summed E-state index contributed by atoms with van der Waals surface area (Å²) in [6, 6.07) is 8.40. The standard InChI is InChI=1S/C20H19FN4O3S2/c21-16-5-7-17(8-6-16)30(27,28)25-10-2-4-15(12-25)19(26)24-20-23-18(13-29-20)14-3-1-9-22-11-14/h1,3,5-9,11,13,15H,2,4,10,12H2,(H,23,24,26). The second-order valence-electron chi connectivity index (χ2n) is 6.92. The van der Waals surface area contributed by atoms with Crippen molar-refractivity contribution in [3.63, 3.8) is 0 Å². The molecule has 1 aromatic carbocycles. The number of piperidine rings is 1. The zero-order valence-electron chi connectivity index (χ0n) is 15.9. The van der Waals surface area contributed by atoms with E-state index < -0.39 is 21.8 Å². The molecule has 0 spiro atoms. The molecule has 30 heavy (non-hydrogen) atoms. The van der Waals surface area contributed by atoms with Crippen LogP contribution < -0.4 is 5.32 Å². The van der Waals surface area contributed by atoms with E-state index in [2.05, 4.69) is 15.3 Å². The highest BCUT2D eigenvalue weighted by atomic mass is 32.2. The van der Waals surface area contributed by atoms with E-state index in [1.54, 1.807) is 12.4 Å². The normalized spacial score (nSPS) is 17.6. The zero-order valence-corrected chi connectivity index (χ0v) is 17.5. The fraction of sp³-hybridized carbons (Fsp3) is 0.250. The highest BCUT2D eigenvalue weighted by molar-refractivity contribution is 7.89. The molecule has 1 aliphatic rings. The molecule has 1 amide bonds. The van der Waals surface area contributed by atoms with Gasteiger partial charge in [0.1, 0.15) is 5.82 Å². The van der Waals surface area contributed by atoms with E-state index >= 15 is 0 Å². The predicted molar refractivity (Wildman–Crippen MR) is 112 cm³/mol. The quantitative estimate of drug-likeness (QED) is 0.649. The van der Waals surface area contributed by atoms with Crippen molar-refractivity contribution in [2.75, 3.05) is 18.4 Å². The summed E-state index contributed by atoms with van der Waals surface area (Å²) in [7, 11) is -3.78. The minimum absolute atomic E-state index is 0.0194. The molecule has 0 saturated carbocycles. The van der Waals surface area contributed by atoms with E-state index in [1.807, 2.05) is 17.5 Å². The average molecular weight is 447 g/mol. The molecule has 10 heteroatoms. The first-order valence-corrected chi connectivity index (χ1v) is 11.7. The summed E-state index contributed by atoms with van der Waals surface area (Å²) < 4.78 is 40.1. The van der Waals surface area contributed by atoms with Gasteiger partial charge < -0.3 is 5.32 Å². The number of carbonyl (C=O) groups excluding carboxylic acids is 1. The Balaban J connectivity index is 1.44. The molecule has 1 unspecified atom stereocenters. The second-order valence-corrected chi connectivity index (χ2v) is 9.72. The Morgan fingerprint density at radius 2 is 2.03 bits per heavy atom. The van der Waals surface area contributed by atoms with Crippen LogP contribution in [0.5, 0.6) is 0 Å². The Hall–Kier alpha value is -2.69. The van der Waals surface area contributed by atoms with Crippen molar-refractivity contribution < 1.29 is 17.6 Å². The minimum atomic E-state index is -3.78. The van der Waals surface area contributed by atoms with Gasteiger partial charge in [-0.25, -0.2) is 17.8 Å². The Morgan fingerprint density at radius 3 is 2.77 bits per heavy atom. The van der Waals surface area contributed by atoms with Crippen LogP contribution in [0.15, 0.2) is 59.1 Å². The molecule has 3 heterocycles. The monoisotopic (exact) mass is 446 g/mol. The number of carbonyl (C=O) groups is 1. The second kappa shape index (κ2) is 8.58. The van der Waals surface area contributed by atoms with Crippen molar-refractivity contribution in [1.82, 2.24) is 14.3 Å². The molecule has 1 fully saturated rings. The van der Waals surface area contributed by atoms with Crippen LogP contribution in [0.2, 0.25) is 0 Å². The van der Waals surface area contributed by atoms with Gasteiger partial charge in [0.2, 0.25) is 15.9 Å². The number of thiazole rings is 1. The Bertz CT molecular complexity index is 1130. The van der Waals surface area contributed by atoms with Crippen LogP contribution in [0.4, 0.5) is 9.52 Å². The lowest BCUT2D eigenvalue weighted by Gasteiger charge is -2.31. The van der Waals surface area contributed by atoms with Gasteiger partial charge in [-0.2, -0.15) is 4.31 Å². The first kappa shape index (κ1) is 20.6. The molecular formula is C20H19FN4O3S2. The summed E-state index contributed by atoms with van der Waals surface area (Å²) in [6.07, 6.45) is 4.52. The van der Waals surface area contributed by atoms with Crippen LogP contribution in [-0.4, -0.2) is 41.7 Å². The molecule has 1 atom stereocenters. The van der Waals surface area contributed by atoms with Gasteiger partial charge in [-0.05, 0) is 49.2 Å². The van der Waals surface area contributed by atoms with Crippen LogP contribution in [-0.2, 0) is 14.8 Å². The number of nitrogens with zero attached hydrogens (tertiary/aromatic N) is 3. The number of sulfonamides is 1. The summed E-state index contributed by atoms with van der Waals surface area (Å²) in [4.78, 5) is 21.2. The number of pyridine rings is 1. The number of aromatic nitrogens is 2. The van der Waals surface area contributed by atoms with Crippen molar-refractivity contribution in [3.8, 4) is 11.3 Å². The van der Waals surface area contributed by atoms with Crippen molar-refractivity contribution in [3.05, 3.63) is 60.0 Å². The predicted octanol–water partition coefficient (Wildman–Crippen LogP) is 3.38. The van der Waals surface area contributed by atoms with E-state index in [4.69, 9.17) is 0 Å². The molecule has 3 aromatic rings. The minimum Gasteiger partial charge on any atom is -0.302 e. The number of hydrogen-bond donors (Lipinski definition) is 1. The van der Waals surface area contributed by atoms with E-state index in [0.29, 0.717) is 30.2 Å².